The lowest BCUT2D eigenvalue weighted by Crippen LogP contribution is -2.45. The first-order valence-electron chi connectivity index (χ1n) is 10.2. The fourth-order valence-electron chi connectivity index (χ4n) is 3.83. The van der Waals surface area contributed by atoms with Crippen LogP contribution < -0.4 is 14.8 Å². The molecule has 0 radical (unpaired) electrons. The van der Waals surface area contributed by atoms with Gasteiger partial charge >= 0.3 is 0 Å². The molecule has 2 aromatic carbocycles. The summed E-state index contributed by atoms with van der Waals surface area (Å²) in [4.78, 5) is 27.8. The molecule has 2 aromatic rings. The van der Waals surface area contributed by atoms with Crippen molar-refractivity contribution in [3.8, 4) is 11.5 Å². The molecule has 1 atom stereocenters. The summed E-state index contributed by atoms with van der Waals surface area (Å²) in [7, 11) is 0. The highest BCUT2D eigenvalue weighted by atomic mass is 16.6. The standard InChI is InChI=1S/C23H26N2O4/c26-21(16-17-9-10-19-20(15-17)29-14-13-28-19)24-22(18-7-3-1-4-8-18)23(27)25-11-5-2-6-12-25/h1,3-4,7-10,15,22H,2,5-6,11-14,16H2,(H,24,26). The van der Waals surface area contributed by atoms with Crippen LogP contribution in [0.15, 0.2) is 48.5 Å². The van der Waals surface area contributed by atoms with E-state index >= 15 is 0 Å². The number of piperidine rings is 1. The zero-order chi connectivity index (χ0) is 20.1. The maximum atomic E-state index is 13.2. The summed E-state index contributed by atoms with van der Waals surface area (Å²) in [6, 6.07) is 14.3. The fraction of sp³-hybridized carbons (Fsp3) is 0.391. The Hall–Kier alpha value is -3.02. The van der Waals surface area contributed by atoms with E-state index in [-0.39, 0.29) is 18.2 Å². The minimum Gasteiger partial charge on any atom is -0.486 e. The highest BCUT2D eigenvalue weighted by Gasteiger charge is 2.28. The van der Waals surface area contributed by atoms with Crippen LogP contribution in [0.4, 0.5) is 0 Å². The van der Waals surface area contributed by atoms with Gasteiger partial charge in [-0.3, -0.25) is 9.59 Å². The summed E-state index contributed by atoms with van der Waals surface area (Å²) in [5.74, 6) is 1.13. The Bertz CT molecular complexity index is 862. The Balaban J connectivity index is 1.48. The highest BCUT2D eigenvalue weighted by Crippen LogP contribution is 2.31. The van der Waals surface area contributed by atoms with Gasteiger partial charge in [-0.15, -0.1) is 0 Å². The van der Waals surface area contributed by atoms with Gasteiger partial charge in [0, 0.05) is 13.1 Å². The molecule has 2 amide bonds. The van der Waals surface area contributed by atoms with Crippen molar-refractivity contribution in [1.29, 1.82) is 0 Å². The Morgan fingerprint density at radius 1 is 0.931 bits per heavy atom. The molecule has 1 saturated heterocycles. The van der Waals surface area contributed by atoms with E-state index in [0.29, 0.717) is 24.7 Å². The van der Waals surface area contributed by atoms with Gasteiger partial charge in [0.1, 0.15) is 19.3 Å². The number of rotatable bonds is 5. The molecular formula is C23H26N2O4. The van der Waals surface area contributed by atoms with Crippen LogP contribution in [0.25, 0.3) is 0 Å². The number of hydrogen-bond donors (Lipinski definition) is 1. The number of nitrogens with one attached hydrogen (secondary N) is 1. The van der Waals surface area contributed by atoms with Gasteiger partial charge in [0.15, 0.2) is 11.5 Å². The van der Waals surface area contributed by atoms with Crippen molar-refractivity contribution in [2.75, 3.05) is 26.3 Å². The van der Waals surface area contributed by atoms with Crippen molar-refractivity contribution >= 4 is 11.8 Å². The Kier molecular flexibility index (Phi) is 5.98. The second-order valence-corrected chi connectivity index (χ2v) is 7.45. The first-order chi connectivity index (χ1) is 14.2. The second-order valence-electron chi connectivity index (χ2n) is 7.45. The average molecular weight is 394 g/mol. The molecule has 0 bridgehead atoms. The van der Waals surface area contributed by atoms with Crippen molar-refractivity contribution in [3.63, 3.8) is 0 Å². The zero-order valence-corrected chi connectivity index (χ0v) is 16.4. The van der Waals surface area contributed by atoms with Crippen molar-refractivity contribution < 1.29 is 19.1 Å². The van der Waals surface area contributed by atoms with Gasteiger partial charge in [-0.1, -0.05) is 36.4 Å². The maximum Gasteiger partial charge on any atom is 0.249 e. The molecule has 2 aliphatic heterocycles. The number of ether oxygens (including phenoxy) is 2. The molecule has 0 aromatic heterocycles. The minimum atomic E-state index is -0.668. The number of carbonyl (C=O) groups is 2. The number of amides is 2. The smallest absolute Gasteiger partial charge is 0.249 e. The lowest BCUT2D eigenvalue weighted by molar-refractivity contribution is -0.137. The van der Waals surface area contributed by atoms with Crippen LogP contribution in [0.5, 0.6) is 11.5 Å². The van der Waals surface area contributed by atoms with E-state index in [1.807, 2.05) is 53.4 Å². The molecular weight excluding hydrogens is 368 g/mol. The van der Waals surface area contributed by atoms with Crippen LogP contribution in [0.1, 0.15) is 36.4 Å². The molecule has 0 aliphatic carbocycles. The first-order valence-corrected chi connectivity index (χ1v) is 10.2. The van der Waals surface area contributed by atoms with E-state index < -0.39 is 6.04 Å². The maximum absolute atomic E-state index is 13.2. The van der Waals surface area contributed by atoms with Crippen molar-refractivity contribution in [2.45, 2.75) is 31.7 Å². The number of likely N-dealkylation sites (tertiary alicyclic amines) is 1. The lowest BCUT2D eigenvalue weighted by atomic mass is 10.0. The van der Waals surface area contributed by atoms with Crippen molar-refractivity contribution in [3.05, 3.63) is 59.7 Å². The third-order valence-corrected chi connectivity index (χ3v) is 5.32. The van der Waals surface area contributed by atoms with Gasteiger partial charge in [0.2, 0.25) is 11.8 Å². The molecule has 1 N–H and O–H groups in total. The summed E-state index contributed by atoms with van der Waals surface area (Å²) < 4.78 is 11.1. The third-order valence-electron chi connectivity index (χ3n) is 5.32. The van der Waals surface area contributed by atoms with E-state index in [2.05, 4.69) is 5.32 Å². The molecule has 2 heterocycles. The predicted octanol–water partition coefficient (Wildman–Crippen LogP) is 2.87. The van der Waals surface area contributed by atoms with Crippen LogP contribution in [0.2, 0.25) is 0 Å². The minimum absolute atomic E-state index is 0.0357. The number of hydrogen-bond acceptors (Lipinski definition) is 4. The Labute approximate surface area is 170 Å². The van der Waals surface area contributed by atoms with E-state index in [4.69, 9.17) is 9.47 Å². The van der Waals surface area contributed by atoms with Crippen molar-refractivity contribution in [1.82, 2.24) is 10.2 Å². The normalized spacial score (nSPS) is 16.8. The molecule has 0 saturated carbocycles. The molecule has 0 spiro atoms. The SMILES string of the molecule is O=C(Cc1ccc2c(c1)OCCO2)NC(C(=O)N1CCCCC1)c1ccccc1. The van der Waals surface area contributed by atoms with E-state index in [1.165, 1.54) is 0 Å². The Morgan fingerprint density at radius 3 is 2.41 bits per heavy atom. The molecule has 4 rings (SSSR count). The zero-order valence-electron chi connectivity index (χ0n) is 16.4. The van der Waals surface area contributed by atoms with E-state index in [9.17, 15) is 9.59 Å². The van der Waals surface area contributed by atoms with Gasteiger partial charge in [0.25, 0.3) is 0 Å². The summed E-state index contributed by atoms with van der Waals surface area (Å²) >= 11 is 0. The Morgan fingerprint density at radius 2 is 1.66 bits per heavy atom. The van der Waals surface area contributed by atoms with Gasteiger partial charge < -0.3 is 19.7 Å². The summed E-state index contributed by atoms with van der Waals surface area (Å²) in [5.41, 5.74) is 1.63. The predicted molar refractivity (Wildman–Crippen MR) is 109 cm³/mol. The first kappa shape index (κ1) is 19.3. The molecule has 6 nitrogen and oxygen atoms in total. The van der Waals surface area contributed by atoms with Crippen molar-refractivity contribution in [2.24, 2.45) is 0 Å². The van der Waals surface area contributed by atoms with Gasteiger partial charge in [-0.25, -0.2) is 0 Å². The number of nitrogens with zero attached hydrogens (tertiary/aromatic N) is 1. The van der Waals surface area contributed by atoms with E-state index in [0.717, 1.165) is 43.5 Å². The van der Waals surface area contributed by atoms with E-state index in [1.54, 1.807) is 0 Å². The summed E-state index contributed by atoms with van der Waals surface area (Å²) in [6.45, 7) is 2.54. The fourth-order valence-corrected chi connectivity index (χ4v) is 3.83. The highest BCUT2D eigenvalue weighted by molar-refractivity contribution is 5.89. The number of benzene rings is 2. The van der Waals surface area contributed by atoms with Crippen LogP contribution in [0.3, 0.4) is 0 Å². The molecule has 152 valence electrons. The van der Waals surface area contributed by atoms with Crippen LogP contribution >= 0.6 is 0 Å². The number of carbonyl (C=O) groups excluding carboxylic acids is 2. The average Bonchev–Trinajstić information content (AvgIpc) is 2.78. The summed E-state index contributed by atoms with van der Waals surface area (Å²) in [5, 5.41) is 2.96. The van der Waals surface area contributed by atoms with Crippen LogP contribution in [0, 0.1) is 0 Å². The lowest BCUT2D eigenvalue weighted by Gasteiger charge is -2.31. The summed E-state index contributed by atoms with van der Waals surface area (Å²) in [6.07, 6.45) is 3.35. The third kappa shape index (κ3) is 4.70. The molecule has 29 heavy (non-hydrogen) atoms. The topological polar surface area (TPSA) is 67.9 Å². The molecule has 6 heteroatoms. The van der Waals surface area contributed by atoms with Crippen LogP contribution in [-0.2, 0) is 16.0 Å². The number of fused-ring (bicyclic) bond motifs is 1. The largest absolute Gasteiger partial charge is 0.486 e. The van der Waals surface area contributed by atoms with Crippen LogP contribution in [-0.4, -0.2) is 43.0 Å². The molecule has 2 aliphatic rings. The molecule has 1 fully saturated rings. The van der Waals surface area contributed by atoms with Gasteiger partial charge in [0.05, 0.1) is 6.42 Å². The monoisotopic (exact) mass is 394 g/mol. The second kappa shape index (κ2) is 8.99. The van der Waals surface area contributed by atoms with Gasteiger partial charge in [-0.2, -0.15) is 0 Å². The molecule has 1 unspecified atom stereocenters. The quantitative estimate of drug-likeness (QED) is 0.847. The van der Waals surface area contributed by atoms with Gasteiger partial charge in [-0.05, 0) is 42.5 Å².